The molecule has 0 aliphatic carbocycles. The zero-order chi connectivity index (χ0) is 20.6. The van der Waals surface area contributed by atoms with Crippen molar-refractivity contribution in [3.8, 4) is 5.69 Å². The molecule has 8 heteroatoms. The number of aromatic nitrogens is 2. The third kappa shape index (κ3) is 4.23. The predicted molar refractivity (Wildman–Crippen MR) is 110 cm³/mol. The molecule has 0 bridgehead atoms. The third-order valence-corrected chi connectivity index (χ3v) is 6.70. The number of thioether (sulfide) groups is 2. The van der Waals surface area contributed by atoms with Crippen LogP contribution in [0, 0.1) is 6.92 Å². The maximum Gasteiger partial charge on any atom is 0.416 e. The van der Waals surface area contributed by atoms with Crippen molar-refractivity contribution in [3.63, 3.8) is 0 Å². The zero-order valence-corrected chi connectivity index (χ0v) is 17.1. The molecular formula is C21H17F3N2OS2. The fourth-order valence-electron chi connectivity index (χ4n) is 3.10. The van der Waals surface area contributed by atoms with E-state index >= 15 is 0 Å². The van der Waals surface area contributed by atoms with Gasteiger partial charge < -0.3 is 0 Å². The Kier molecular flexibility index (Phi) is 5.48. The summed E-state index contributed by atoms with van der Waals surface area (Å²) in [7, 11) is 0. The van der Waals surface area contributed by atoms with E-state index in [0.29, 0.717) is 21.3 Å². The molecule has 3 nitrogen and oxygen atoms in total. The number of aryl methyl sites for hydroxylation is 2. The van der Waals surface area contributed by atoms with Crippen molar-refractivity contribution in [2.75, 3.05) is 5.75 Å². The first kappa shape index (κ1) is 20.1. The Balaban J connectivity index is 1.71. The molecule has 0 N–H and O–H groups in total. The van der Waals surface area contributed by atoms with E-state index in [9.17, 15) is 18.0 Å². The lowest BCUT2D eigenvalue weighted by Gasteiger charge is -2.14. The lowest BCUT2D eigenvalue weighted by Crippen LogP contribution is -2.23. The van der Waals surface area contributed by atoms with E-state index in [4.69, 9.17) is 0 Å². The maximum atomic E-state index is 13.1. The van der Waals surface area contributed by atoms with Crippen molar-refractivity contribution in [3.05, 3.63) is 81.3 Å². The van der Waals surface area contributed by atoms with Crippen LogP contribution in [0.25, 0.3) is 5.69 Å². The van der Waals surface area contributed by atoms with E-state index < -0.39 is 11.7 Å². The largest absolute Gasteiger partial charge is 0.416 e. The molecule has 0 saturated carbocycles. The molecule has 0 radical (unpaired) electrons. The topological polar surface area (TPSA) is 34.9 Å². The van der Waals surface area contributed by atoms with Crippen molar-refractivity contribution < 1.29 is 13.2 Å². The summed E-state index contributed by atoms with van der Waals surface area (Å²) in [5.41, 5.74) is 2.29. The van der Waals surface area contributed by atoms with Gasteiger partial charge in [0.15, 0.2) is 5.16 Å². The number of rotatable bonds is 4. The number of alkyl halides is 3. The molecule has 1 aromatic heterocycles. The molecule has 0 spiro atoms. The van der Waals surface area contributed by atoms with Gasteiger partial charge in [-0.2, -0.15) is 13.2 Å². The second-order valence-corrected chi connectivity index (χ2v) is 8.78. The first-order valence-electron chi connectivity index (χ1n) is 8.97. The summed E-state index contributed by atoms with van der Waals surface area (Å²) in [6.07, 6.45) is -3.66. The minimum Gasteiger partial charge on any atom is -0.268 e. The van der Waals surface area contributed by atoms with Gasteiger partial charge in [-0.15, -0.1) is 11.8 Å². The quantitative estimate of drug-likeness (QED) is 0.401. The van der Waals surface area contributed by atoms with Crippen molar-refractivity contribution in [2.24, 2.45) is 0 Å². The number of halogens is 3. The standard InChI is InChI=1S/C21H17F3N2OS2/c1-13-5-7-16(8-6-13)26-19(27)18-17(9-10-28-18)25-20(26)29-12-14-3-2-4-15(11-14)21(22,23)24/h2-8,11H,9-10,12H2,1H3. The molecule has 0 atom stereocenters. The van der Waals surface area contributed by atoms with Crippen LogP contribution in [0.3, 0.4) is 0 Å². The molecule has 1 aliphatic heterocycles. The highest BCUT2D eigenvalue weighted by molar-refractivity contribution is 7.99. The Labute approximate surface area is 174 Å². The zero-order valence-electron chi connectivity index (χ0n) is 15.5. The molecule has 0 unspecified atom stereocenters. The molecule has 2 aromatic carbocycles. The number of hydrogen-bond donors (Lipinski definition) is 0. The van der Waals surface area contributed by atoms with Gasteiger partial charge in [0.1, 0.15) is 0 Å². The van der Waals surface area contributed by atoms with Crippen LogP contribution in [0.2, 0.25) is 0 Å². The maximum absolute atomic E-state index is 13.1. The van der Waals surface area contributed by atoms with Crippen LogP contribution in [0.5, 0.6) is 0 Å². The molecule has 29 heavy (non-hydrogen) atoms. The number of nitrogens with zero attached hydrogens (tertiary/aromatic N) is 2. The molecule has 0 saturated heterocycles. The van der Waals surface area contributed by atoms with Gasteiger partial charge in [-0.3, -0.25) is 9.36 Å². The van der Waals surface area contributed by atoms with Crippen LogP contribution in [-0.2, 0) is 18.3 Å². The Morgan fingerprint density at radius 2 is 1.93 bits per heavy atom. The van der Waals surface area contributed by atoms with Crippen molar-refractivity contribution in [1.29, 1.82) is 0 Å². The Hall–Kier alpha value is -2.19. The summed E-state index contributed by atoms with van der Waals surface area (Å²) < 4.78 is 40.5. The summed E-state index contributed by atoms with van der Waals surface area (Å²) in [6, 6.07) is 12.8. The normalized spacial score (nSPS) is 13.5. The van der Waals surface area contributed by atoms with E-state index in [2.05, 4.69) is 4.98 Å². The van der Waals surface area contributed by atoms with Crippen LogP contribution in [0.4, 0.5) is 13.2 Å². The van der Waals surface area contributed by atoms with Crippen molar-refractivity contribution in [1.82, 2.24) is 9.55 Å². The third-order valence-electron chi connectivity index (χ3n) is 4.58. The van der Waals surface area contributed by atoms with E-state index in [1.807, 2.05) is 31.2 Å². The first-order valence-corrected chi connectivity index (χ1v) is 10.9. The molecule has 150 valence electrons. The molecule has 2 heterocycles. The Morgan fingerprint density at radius 1 is 1.17 bits per heavy atom. The van der Waals surface area contributed by atoms with Crippen LogP contribution < -0.4 is 5.56 Å². The van der Waals surface area contributed by atoms with Gasteiger partial charge >= 0.3 is 6.18 Å². The highest BCUT2D eigenvalue weighted by Gasteiger charge is 2.30. The summed E-state index contributed by atoms with van der Waals surface area (Å²) in [5, 5.41) is 0.498. The summed E-state index contributed by atoms with van der Waals surface area (Å²) >= 11 is 2.78. The van der Waals surface area contributed by atoms with E-state index in [0.717, 1.165) is 35.6 Å². The summed E-state index contributed by atoms with van der Waals surface area (Å²) in [4.78, 5) is 18.4. The lowest BCUT2D eigenvalue weighted by atomic mass is 10.1. The van der Waals surface area contributed by atoms with E-state index in [-0.39, 0.29) is 11.3 Å². The minimum atomic E-state index is -4.38. The highest BCUT2D eigenvalue weighted by atomic mass is 32.2. The monoisotopic (exact) mass is 434 g/mol. The second kappa shape index (κ2) is 7.91. The molecular weight excluding hydrogens is 417 g/mol. The van der Waals surface area contributed by atoms with Gasteiger partial charge in [-0.05, 0) is 30.7 Å². The lowest BCUT2D eigenvalue weighted by molar-refractivity contribution is -0.137. The summed E-state index contributed by atoms with van der Waals surface area (Å²) in [5.74, 6) is 1.10. The SMILES string of the molecule is Cc1ccc(-n2c(SCc3cccc(C(F)(F)F)c3)nc3c(c2=O)SCC3)cc1. The van der Waals surface area contributed by atoms with Gasteiger partial charge in [-0.25, -0.2) is 4.98 Å². The molecule has 0 amide bonds. The van der Waals surface area contributed by atoms with E-state index in [1.165, 1.54) is 29.6 Å². The van der Waals surface area contributed by atoms with Gasteiger partial charge in [0.05, 0.1) is 21.8 Å². The average molecular weight is 435 g/mol. The number of benzene rings is 2. The van der Waals surface area contributed by atoms with Crippen molar-refractivity contribution >= 4 is 23.5 Å². The Morgan fingerprint density at radius 3 is 2.66 bits per heavy atom. The average Bonchev–Trinajstić information content (AvgIpc) is 3.16. The van der Waals surface area contributed by atoms with Crippen LogP contribution in [0.15, 0.2) is 63.4 Å². The fourth-order valence-corrected chi connectivity index (χ4v) is 5.09. The second-order valence-electron chi connectivity index (χ2n) is 6.73. The number of hydrogen-bond acceptors (Lipinski definition) is 4. The predicted octanol–water partition coefficient (Wildman–Crippen LogP) is 5.50. The Bertz CT molecular complexity index is 1110. The summed E-state index contributed by atoms with van der Waals surface area (Å²) in [6.45, 7) is 1.96. The van der Waals surface area contributed by atoms with E-state index in [1.54, 1.807) is 10.6 Å². The fraction of sp³-hybridized carbons (Fsp3) is 0.238. The minimum absolute atomic E-state index is 0.118. The van der Waals surface area contributed by atoms with Gasteiger partial charge in [-0.1, -0.05) is 47.7 Å². The molecule has 3 aromatic rings. The van der Waals surface area contributed by atoms with Gasteiger partial charge in [0, 0.05) is 17.9 Å². The smallest absolute Gasteiger partial charge is 0.268 e. The van der Waals surface area contributed by atoms with Crippen LogP contribution in [-0.4, -0.2) is 15.3 Å². The van der Waals surface area contributed by atoms with Gasteiger partial charge in [0.25, 0.3) is 5.56 Å². The number of fused-ring (bicyclic) bond motifs is 1. The highest BCUT2D eigenvalue weighted by Crippen LogP contribution is 2.33. The van der Waals surface area contributed by atoms with Crippen LogP contribution >= 0.6 is 23.5 Å². The molecule has 1 aliphatic rings. The molecule has 4 rings (SSSR count). The van der Waals surface area contributed by atoms with Crippen molar-refractivity contribution in [2.45, 2.75) is 35.3 Å². The van der Waals surface area contributed by atoms with Crippen LogP contribution in [0.1, 0.15) is 22.4 Å². The van der Waals surface area contributed by atoms with Gasteiger partial charge in [0.2, 0.25) is 0 Å². The first-order chi connectivity index (χ1) is 13.8. The molecule has 0 fully saturated rings.